The Balaban J connectivity index is 1.76. The lowest BCUT2D eigenvalue weighted by atomic mass is 10.1. The van der Waals surface area contributed by atoms with E-state index in [1.165, 1.54) is 24.8 Å². The lowest BCUT2D eigenvalue weighted by Crippen LogP contribution is -2.07. The highest BCUT2D eigenvalue weighted by Crippen LogP contribution is 2.17. The number of ether oxygens (including phenoxy) is 1. The van der Waals surface area contributed by atoms with Crippen LogP contribution >= 0.6 is 0 Å². The van der Waals surface area contributed by atoms with Gasteiger partial charge < -0.3 is 10.1 Å². The predicted molar refractivity (Wildman–Crippen MR) is 67.9 cm³/mol. The molecule has 96 valence electrons. The third-order valence-corrected chi connectivity index (χ3v) is 3.35. The van der Waals surface area contributed by atoms with E-state index in [0.717, 1.165) is 31.8 Å². The van der Waals surface area contributed by atoms with Crippen LogP contribution < -0.4 is 5.32 Å². The summed E-state index contributed by atoms with van der Waals surface area (Å²) < 4.78 is 7.69. The molecule has 1 N–H and O–H groups in total. The van der Waals surface area contributed by atoms with E-state index in [9.17, 15) is 0 Å². The molecule has 1 saturated heterocycles. The highest BCUT2D eigenvalue weighted by molar-refractivity contribution is 5.14. The molecule has 17 heavy (non-hydrogen) atoms. The van der Waals surface area contributed by atoms with E-state index < -0.39 is 0 Å². The first-order valence-electron chi connectivity index (χ1n) is 6.58. The monoisotopic (exact) mass is 237 g/mol. The maximum absolute atomic E-state index is 5.62. The molecule has 0 bridgehead atoms. The van der Waals surface area contributed by atoms with Gasteiger partial charge in [0.2, 0.25) is 0 Å². The molecular weight excluding hydrogens is 214 g/mol. The van der Waals surface area contributed by atoms with Crippen LogP contribution in [0.5, 0.6) is 0 Å². The summed E-state index contributed by atoms with van der Waals surface area (Å²) in [6.45, 7) is 4.93. The van der Waals surface area contributed by atoms with Crippen LogP contribution in [0.25, 0.3) is 0 Å². The smallest absolute Gasteiger partial charge is 0.0638 e. The number of nitrogens with zero attached hydrogens (tertiary/aromatic N) is 2. The van der Waals surface area contributed by atoms with Crippen molar-refractivity contribution in [1.82, 2.24) is 15.1 Å². The Morgan fingerprint density at radius 3 is 3.18 bits per heavy atom. The second kappa shape index (κ2) is 6.17. The van der Waals surface area contributed by atoms with Gasteiger partial charge in [-0.1, -0.05) is 0 Å². The average Bonchev–Trinajstić information content (AvgIpc) is 2.91. The molecular formula is C13H23N3O. The van der Waals surface area contributed by atoms with Crippen LogP contribution in [0.3, 0.4) is 0 Å². The minimum atomic E-state index is 0.503. The summed E-state index contributed by atoms with van der Waals surface area (Å²) in [5.41, 5.74) is 2.43. The second-order valence-corrected chi connectivity index (χ2v) is 4.81. The van der Waals surface area contributed by atoms with Crippen LogP contribution in [-0.4, -0.2) is 29.5 Å². The van der Waals surface area contributed by atoms with Gasteiger partial charge in [-0.2, -0.15) is 5.10 Å². The molecule has 1 aromatic heterocycles. The Morgan fingerprint density at radius 1 is 1.59 bits per heavy atom. The van der Waals surface area contributed by atoms with Crippen molar-refractivity contribution in [3.05, 3.63) is 17.5 Å². The van der Waals surface area contributed by atoms with E-state index in [1.54, 1.807) is 0 Å². The zero-order valence-corrected chi connectivity index (χ0v) is 10.9. The Kier molecular flexibility index (Phi) is 4.57. The molecule has 0 radical (unpaired) electrons. The Morgan fingerprint density at radius 2 is 2.47 bits per heavy atom. The van der Waals surface area contributed by atoms with Gasteiger partial charge >= 0.3 is 0 Å². The second-order valence-electron chi connectivity index (χ2n) is 4.81. The summed E-state index contributed by atoms with van der Waals surface area (Å²) in [6.07, 6.45) is 7.45. The highest BCUT2D eigenvalue weighted by Gasteiger charge is 2.14. The number of aromatic nitrogens is 2. The van der Waals surface area contributed by atoms with Crippen molar-refractivity contribution in [3.63, 3.8) is 0 Å². The Labute approximate surface area is 103 Å². The van der Waals surface area contributed by atoms with Crippen molar-refractivity contribution in [2.75, 3.05) is 13.7 Å². The first-order chi connectivity index (χ1) is 8.29. The van der Waals surface area contributed by atoms with Gasteiger partial charge in [-0.3, -0.25) is 4.68 Å². The standard InChI is InChI=1S/C13H23N3O/c1-11-12(9-14-2)10-16(15-11)7-3-5-13-6-4-8-17-13/h10,13-14H,3-9H2,1-2H3. The number of hydrogen-bond acceptors (Lipinski definition) is 3. The van der Waals surface area contributed by atoms with Crippen molar-refractivity contribution in [3.8, 4) is 0 Å². The summed E-state index contributed by atoms with van der Waals surface area (Å²) in [5, 5.41) is 7.69. The Bertz CT molecular complexity index is 342. The zero-order valence-electron chi connectivity index (χ0n) is 10.9. The molecule has 4 heteroatoms. The SMILES string of the molecule is CNCc1cn(CCCC2CCCO2)nc1C. The van der Waals surface area contributed by atoms with Gasteiger partial charge in [-0.15, -0.1) is 0 Å². The maximum Gasteiger partial charge on any atom is 0.0638 e. The third-order valence-electron chi connectivity index (χ3n) is 3.35. The van der Waals surface area contributed by atoms with Gasteiger partial charge in [0.25, 0.3) is 0 Å². The number of aryl methyl sites for hydroxylation is 2. The summed E-state index contributed by atoms with van der Waals surface area (Å²) in [7, 11) is 1.97. The predicted octanol–water partition coefficient (Wildman–Crippen LogP) is 1.87. The molecule has 2 heterocycles. The van der Waals surface area contributed by atoms with E-state index in [1.807, 2.05) is 7.05 Å². The van der Waals surface area contributed by atoms with Crippen molar-refractivity contribution in [2.45, 2.75) is 51.8 Å². The summed E-state index contributed by atoms with van der Waals surface area (Å²) in [4.78, 5) is 0. The molecule has 0 aliphatic carbocycles. The van der Waals surface area contributed by atoms with Crippen LogP contribution in [0, 0.1) is 6.92 Å². The van der Waals surface area contributed by atoms with Gasteiger partial charge in [-0.05, 0) is 39.7 Å². The van der Waals surface area contributed by atoms with Gasteiger partial charge in [0, 0.05) is 31.5 Å². The van der Waals surface area contributed by atoms with Gasteiger partial charge in [0.1, 0.15) is 0 Å². The van der Waals surface area contributed by atoms with Gasteiger partial charge in [0.05, 0.1) is 11.8 Å². The molecule has 0 aromatic carbocycles. The van der Waals surface area contributed by atoms with Crippen LogP contribution in [-0.2, 0) is 17.8 Å². The maximum atomic E-state index is 5.62. The molecule has 1 atom stereocenters. The largest absolute Gasteiger partial charge is 0.378 e. The minimum Gasteiger partial charge on any atom is -0.378 e. The molecule has 1 fully saturated rings. The minimum absolute atomic E-state index is 0.503. The summed E-state index contributed by atoms with van der Waals surface area (Å²) >= 11 is 0. The van der Waals surface area contributed by atoms with Crippen LogP contribution in [0.1, 0.15) is 36.9 Å². The quantitative estimate of drug-likeness (QED) is 0.821. The van der Waals surface area contributed by atoms with Crippen molar-refractivity contribution < 1.29 is 4.74 Å². The van der Waals surface area contributed by atoms with Crippen molar-refractivity contribution in [1.29, 1.82) is 0 Å². The van der Waals surface area contributed by atoms with Gasteiger partial charge in [0.15, 0.2) is 0 Å². The van der Waals surface area contributed by atoms with Crippen LogP contribution in [0.15, 0.2) is 6.20 Å². The van der Waals surface area contributed by atoms with E-state index in [-0.39, 0.29) is 0 Å². The van der Waals surface area contributed by atoms with Gasteiger partial charge in [-0.25, -0.2) is 0 Å². The van der Waals surface area contributed by atoms with E-state index in [2.05, 4.69) is 28.2 Å². The van der Waals surface area contributed by atoms with Crippen LogP contribution in [0.2, 0.25) is 0 Å². The number of nitrogens with one attached hydrogen (secondary N) is 1. The number of rotatable bonds is 6. The molecule has 1 aromatic rings. The fraction of sp³-hybridized carbons (Fsp3) is 0.769. The number of hydrogen-bond donors (Lipinski definition) is 1. The van der Waals surface area contributed by atoms with Crippen molar-refractivity contribution >= 4 is 0 Å². The lowest BCUT2D eigenvalue weighted by Gasteiger charge is -2.08. The molecule has 1 unspecified atom stereocenters. The third kappa shape index (κ3) is 3.54. The van der Waals surface area contributed by atoms with E-state index in [0.29, 0.717) is 6.10 Å². The fourth-order valence-corrected chi connectivity index (χ4v) is 2.39. The van der Waals surface area contributed by atoms with E-state index in [4.69, 9.17) is 4.74 Å². The summed E-state index contributed by atoms with van der Waals surface area (Å²) in [5.74, 6) is 0. The van der Waals surface area contributed by atoms with Crippen molar-refractivity contribution in [2.24, 2.45) is 0 Å². The average molecular weight is 237 g/mol. The molecule has 2 rings (SSSR count). The molecule has 4 nitrogen and oxygen atoms in total. The van der Waals surface area contributed by atoms with E-state index >= 15 is 0 Å². The first-order valence-corrected chi connectivity index (χ1v) is 6.58. The summed E-state index contributed by atoms with van der Waals surface area (Å²) in [6, 6.07) is 0. The molecule has 0 spiro atoms. The fourth-order valence-electron chi connectivity index (χ4n) is 2.39. The molecule has 0 amide bonds. The molecule has 1 aliphatic heterocycles. The zero-order chi connectivity index (χ0) is 12.1. The molecule has 1 aliphatic rings. The normalized spacial score (nSPS) is 20.0. The topological polar surface area (TPSA) is 39.1 Å². The van der Waals surface area contributed by atoms with Crippen LogP contribution in [0.4, 0.5) is 0 Å². The Hall–Kier alpha value is -0.870. The lowest BCUT2D eigenvalue weighted by molar-refractivity contribution is 0.101. The molecule has 0 saturated carbocycles. The first kappa shape index (κ1) is 12.6. The highest BCUT2D eigenvalue weighted by atomic mass is 16.5.